The van der Waals surface area contributed by atoms with Gasteiger partial charge in [0.15, 0.2) is 0 Å². The van der Waals surface area contributed by atoms with Gasteiger partial charge in [0.25, 0.3) is 5.91 Å². The number of hydrogen-bond donors (Lipinski definition) is 1. The van der Waals surface area contributed by atoms with Crippen LogP contribution in [0.3, 0.4) is 0 Å². The highest BCUT2D eigenvalue weighted by atomic mass is 16.2. The zero-order valence-corrected chi connectivity index (χ0v) is 19.4. The number of hydrazone groups is 1. The third kappa shape index (κ3) is 3.99. The average molecular weight is 411 g/mol. The number of allylic oxidation sites excluding steroid dienone is 4. The molecule has 0 aromatic rings. The van der Waals surface area contributed by atoms with E-state index in [-0.39, 0.29) is 23.0 Å². The van der Waals surface area contributed by atoms with Crippen molar-refractivity contribution in [2.24, 2.45) is 5.10 Å². The topological polar surface area (TPSA) is 47.9 Å². The van der Waals surface area contributed by atoms with Crippen molar-refractivity contribution in [3.8, 4) is 0 Å². The van der Waals surface area contributed by atoms with E-state index < -0.39 is 0 Å². The van der Waals surface area contributed by atoms with Gasteiger partial charge in [-0.05, 0) is 64.9 Å². The minimum Gasteiger partial charge on any atom is -0.363 e. The minimum absolute atomic E-state index is 0.0207. The van der Waals surface area contributed by atoms with E-state index in [2.05, 4.69) is 80.1 Å². The fraction of sp³-hybridized carbons (Fsp3) is 0.600. The predicted molar refractivity (Wildman–Crippen MR) is 125 cm³/mol. The van der Waals surface area contributed by atoms with E-state index in [1.54, 1.807) is 0 Å². The van der Waals surface area contributed by atoms with Gasteiger partial charge in [0.1, 0.15) is 5.82 Å². The fourth-order valence-corrected chi connectivity index (χ4v) is 5.29. The molecule has 0 radical (unpaired) electrons. The first-order valence-corrected chi connectivity index (χ1v) is 11.4. The maximum absolute atomic E-state index is 13.7. The molecule has 5 heteroatoms. The largest absolute Gasteiger partial charge is 0.363 e. The molecule has 0 spiro atoms. The van der Waals surface area contributed by atoms with Crippen LogP contribution in [0.1, 0.15) is 73.1 Å². The highest BCUT2D eigenvalue weighted by Gasteiger charge is 2.44. The highest BCUT2D eigenvalue weighted by Crippen LogP contribution is 2.38. The van der Waals surface area contributed by atoms with Gasteiger partial charge in [-0.15, -0.1) is 0 Å². The Bertz CT molecular complexity index is 798. The Balaban J connectivity index is 1.98. The van der Waals surface area contributed by atoms with Crippen molar-refractivity contribution in [1.82, 2.24) is 15.2 Å². The Kier molecular flexibility index (Phi) is 6.59. The Hall–Kier alpha value is -2.30. The molecule has 2 heterocycles. The summed E-state index contributed by atoms with van der Waals surface area (Å²) >= 11 is 0. The number of nitrogens with one attached hydrogen (secondary N) is 1. The van der Waals surface area contributed by atoms with Crippen LogP contribution >= 0.6 is 0 Å². The standard InChI is InChI=1S/C25H38N4O/c1-7-25(8-2)16-13-17-28(25)23(30)19(3)22-27-21(18-24(4,5)29(22)26-6)20-14-11-9-10-12-15-20/h9-11,14-15,21,27H,6-8,12-13,16-18H2,1-5H3/b22-19+. The maximum Gasteiger partial charge on any atom is 0.253 e. The summed E-state index contributed by atoms with van der Waals surface area (Å²) in [6, 6.07) is 0.132. The lowest BCUT2D eigenvalue weighted by Crippen LogP contribution is -2.56. The fourth-order valence-electron chi connectivity index (χ4n) is 5.29. The van der Waals surface area contributed by atoms with Crippen LogP contribution in [0, 0.1) is 0 Å². The Morgan fingerprint density at radius 1 is 1.30 bits per heavy atom. The number of hydrogen-bond acceptors (Lipinski definition) is 4. The molecule has 1 atom stereocenters. The number of carbonyl (C=O) groups is 1. The molecule has 5 nitrogen and oxygen atoms in total. The van der Waals surface area contributed by atoms with E-state index in [9.17, 15) is 4.79 Å². The van der Waals surface area contributed by atoms with Gasteiger partial charge in [0.2, 0.25) is 0 Å². The van der Waals surface area contributed by atoms with Gasteiger partial charge in [0.05, 0.1) is 17.2 Å². The van der Waals surface area contributed by atoms with Crippen molar-refractivity contribution in [2.45, 2.75) is 90.3 Å². The number of amides is 1. The molecule has 0 saturated carbocycles. The smallest absolute Gasteiger partial charge is 0.253 e. The van der Waals surface area contributed by atoms with Gasteiger partial charge in [-0.2, -0.15) is 5.10 Å². The van der Waals surface area contributed by atoms with Gasteiger partial charge in [0, 0.05) is 18.8 Å². The van der Waals surface area contributed by atoms with Crippen molar-refractivity contribution in [2.75, 3.05) is 6.54 Å². The van der Waals surface area contributed by atoms with E-state index in [1.807, 2.05) is 11.9 Å². The molecule has 1 aliphatic carbocycles. The zero-order chi connectivity index (χ0) is 21.9. The van der Waals surface area contributed by atoms with E-state index in [0.29, 0.717) is 0 Å². The number of likely N-dealkylation sites (tertiary alicyclic amines) is 1. The summed E-state index contributed by atoms with van der Waals surface area (Å²) < 4.78 is 0. The van der Waals surface area contributed by atoms with Crippen LogP contribution < -0.4 is 5.32 Å². The van der Waals surface area contributed by atoms with Gasteiger partial charge in [-0.1, -0.05) is 44.2 Å². The molecule has 2 saturated heterocycles. The SMILES string of the molecule is C=NN1/C(=C(\C)C(=O)N2CCCC2(CC)CC)NC(C2=CCC=CC=C2)CC1(C)C. The van der Waals surface area contributed by atoms with Gasteiger partial charge in [-0.25, -0.2) is 5.01 Å². The van der Waals surface area contributed by atoms with Crippen molar-refractivity contribution < 1.29 is 4.79 Å². The first kappa shape index (κ1) is 22.4. The average Bonchev–Trinajstić information content (AvgIpc) is 2.97. The molecular weight excluding hydrogens is 372 g/mol. The van der Waals surface area contributed by atoms with Crippen LogP contribution in [0.2, 0.25) is 0 Å². The summed E-state index contributed by atoms with van der Waals surface area (Å²) in [4.78, 5) is 15.8. The van der Waals surface area contributed by atoms with E-state index in [0.717, 1.165) is 56.5 Å². The van der Waals surface area contributed by atoms with Crippen LogP contribution in [0.4, 0.5) is 0 Å². The zero-order valence-electron chi connectivity index (χ0n) is 19.4. The summed E-state index contributed by atoms with van der Waals surface area (Å²) in [7, 11) is 0. The summed E-state index contributed by atoms with van der Waals surface area (Å²) in [5, 5.41) is 9.89. The van der Waals surface area contributed by atoms with Crippen molar-refractivity contribution in [3.63, 3.8) is 0 Å². The van der Waals surface area contributed by atoms with Crippen molar-refractivity contribution in [1.29, 1.82) is 0 Å². The van der Waals surface area contributed by atoms with E-state index >= 15 is 0 Å². The predicted octanol–water partition coefficient (Wildman–Crippen LogP) is 4.90. The second-order valence-corrected chi connectivity index (χ2v) is 9.36. The lowest BCUT2D eigenvalue weighted by Gasteiger charge is -2.47. The Morgan fingerprint density at radius 2 is 2.03 bits per heavy atom. The molecule has 0 aromatic carbocycles. The van der Waals surface area contributed by atoms with Crippen LogP contribution in [0.15, 0.2) is 52.4 Å². The summed E-state index contributed by atoms with van der Waals surface area (Å²) in [5.41, 5.74) is 1.71. The summed E-state index contributed by atoms with van der Waals surface area (Å²) in [5.74, 6) is 0.909. The first-order valence-electron chi connectivity index (χ1n) is 11.4. The van der Waals surface area contributed by atoms with Gasteiger partial charge in [-0.3, -0.25) is 4.79 Å². The lowest BCUT2D eigenvalue weighted by atomic mass is 9.86. The Morgan fingerprint density at radius 3 is 2.70 bits per heavy atom. The highest BCUT2D eigenvalue weighted by molar-refractivity contribution is 5.94. The normalized spacial score (nSPS) is 26.7. The molecule has 1 N–H and O–H groups in total. The second-order valence-electron chi connectivity index (χ2n) is 9.36. The van der Waals surface area contributed by atoms with E-state index in [1.165, 1.54) is 5.57 Å². The third-order valence-electron chi connectivity index (χ3n) is 7.20. The quantitative estimate of drug-likeness (QED) is 0.518. The molecule has 3 rings (SSSR count). The minimum atomic E-state index is -0.249. The van der Waals surface area contributed by atoms with Crippen LogP contribution in [-0.4, -0.2) is 46.2 Å². The molecule has 0 bridgehead atoms. The Labute approximate surface area is 182 Å². The molecule has 3 aliphatic rings. The van der Waals surface area contributed by atoms with Crippen LogP contribution in [0.5, 0.6) is 0 Å². The van der Waals surface area contributed by atoms with Crippen LogP contribution in [0.25, 0.3) is 0 Å². The van der Waals surface area contributed by atoms with Crippen LogP contribution in [-0.2, 0) is 4.79 Å². The van der Waals surface area contributed by atoms with Gasteiger partial charge >= 0.3 is 0 Å². The second kappa shape index (κ2) is 8.83. The van der Waals surface area contributed by atoms with Gasteiger partial charge < -0.3 is 10.2 Å². The molecule has 1 amide bonds. The monoisotopic (exact) mass is 410 g/mol. The van der Waals surface area contributed by atoms with Crippen molar-refractivity contribution >= 4 is 12.6 Å². The molecule has 164 valence electrons. The number of nitrogens with zero attached hydrogens (tertiary/aromatic N) is 3. The number of carbonyl (C=O) groups excluding carboxylic acids is 1. The lowest BCUT2D eigenvalue weighted by molar-refractivity contribution is -0.131. The maximum atomic E-state index is 13.7. The first-order chi connectivity index (χ1) is 14.3. The molecule has 1 unspecified atom stereocenters. The summed E-state index contributed by atoms with van der Waals surface area (Å²) in [6.45, 7) is 15.3. The van der Waals surface area contributed by atoms with Crippen molar-refractivity contribution in [3.05, 3.63) is 47.3 Å². The molecule has 2 fully saturated rings. The number of rotatable bonds is 5. The van der Waals surface area contributed by atoms with E-state index in [4.69, 9.17) is 0 Å². The molecule has 30 heavy (non-hydrogen) atoms. The molecular formula is C25H38N4O. The third-order valence-corrected chi connectivity index (χ3v) is 7.20. The molecule has 0 aromatic heterocycles. The summed E-state index contributed by atoms with van der Waals surface area (Å²) in [6.07, 6.45) is 16.7. The molecule has 2 aliphatic heterocycles.